The summed E-state index contributed by atoms with van der Waals surface area (Å²) in [6.45, 7) is 4.06. The Morgan fingerprint density at radius 3 is 2.57 bits per heavy atom. The molecule has 0 radical (unpaired) electrons. The Morgan fingerprint density at radius 2 is 1.81 bits per heavy atom. The van der Waals surface area contributed by atoms with E-state index in [0.717, 1.165) is 38.8 Å². The van der Waals surface area contributed by atoms with E-state index in [1.165, 1.54) is 24.6 Å². The first kappa shape index (κ1) is 25.6. The summed E-state index contributed by atoms with van der Waals surface area (Å²) in [4.78, 5) is 39.6. The van der Waals surface area contributed by atoms with E-state index >= 15 is 0 Å². The van der Waals surface area contributed by atoms with Gasteiger partial charge in [0.1, 0.15) is 24.4 Å². The van der Waals surface area contributed by atoms with Gasteiger partial charge in [-0.1, -0.05) is 24.3 Å². The smallest absolute Gasteiger partial charge is 0.272 e. The maximum absolute atomic E-state index is 13.2. The van der Waals surface area contributed by atoms with Gasteiger partial charge in [0.2, 0.25) is 5.91 Å². The van der Waals surface area contributed by atoms with Crippen molar-refractivity contribution in [3.63, 3.8) is 0 Å². The normalized spacial score (nSPS) is 23.0. The van der Waals surface area contributed by atoms with E-state index < -0.39 is 6.10 Å². The minimum absolute atomic E-state index is 0.00642. The number of hydrogen-bond acceptors (Lipinski definition) is 8. The first-order chi connectivity index (χ1) is 18.0. The number of aromatic nitrogens is 2. The van der Waals surface area contributed by atoms with Crippen LogP contribution in [0.3, 0.4) is 0 Å². The highest BCUT2D eigenvalue weighted by molar-refractivity contribution is 5.93. The Bertz CT molecular complexity index is 1110. The molecular weight excluding hydrogens is 472 g/mol. The number of β-amino-alcohol motifs (C(OH)–C–C–N with tert-alkyl or cyclic N) is 1. The second kappa shape index (κ2) is 11.5. The first-order valence-electron chi connectivity index (χ1n) is 13.2. The third-order valence-electron chi connectivity index (χ3n) is 7.82. The highest BCUT2D eigenvalue weighted by Crippen LogP contribution is 2.26. The number of likely N-dealkylation sites (tertiary alicyclic amines) is 2. The molecule has 0 aliphatic carbocycles. The van der Waals surface area contributed by atoms with E-state index in [1.54, 1.807) is 11.0 Å². The number of nitrogens with one attached hydrogen (secondary N) is 1. The maximum Gasteiger partial charge on any atom is 0.272 e. The van der Waals surface area contributed by atoms with Gasteiger partial charge in [-0.2, -0.15) is 0 Å². The molecule has 5 rings (SSSR count). The van der Waals surface area contributed by atoms with Crippen LogP contribution >= 0.6 is 0 Å². The van der Waals surface area contributed by atoms with Crippen LogP contribution in [0.2, 0.25) is 0 Å². The number of piperidine rings is 2. The van der Waals surface area contributed by atoms with Crippen LogP contribution in [0.1, 0.15) is 40.9 Å². The van der Waals surface area contributed by atoms with Crippen LogP contribution in [-0.2, 0) is 22.5 Å². The van der Waals surface area contributed by atoms with Crippen molar-refractivity contribution in [2.24, 2.45) is 0 Å². The second-order valence-electron chi connectivity index (χ2n) is 10.2. The van der Waals surface area contributed by atoms with Gasteiger partial charge in [-0.15, -0.1) is 0 Å². The van der Waals surface area contributed by atoms with Crippen molar-refractivity contribution in [1.82, 2.24) is 24.7 Å². The summed E-state index contributed by atoms with van der Waals surface area (Å²) in [5.41, 5.74) is 3.04. The summed E-state index contributed by atoms with van der Waals surface area (Å²) in [7, 11) is 1.52. The van der Waals surface area contributed by atoms with Crippen LogP contribution in [0, 0.1) is 0 Å². The predicted octanol–water partition coefficient (Wildman–Crippen LogP) is 1.16. The van der Waals surface area contributed by atoms with E-state index in [9.17, 15) is 14.7 Å². The molecule has 0 unspecified atom stereocenters. The lowest BCUT2D eigenvalue weighted by atomic mass is 9.94. The molecule has 1 aromatic heterocycles. The molecule has 2 saturated heterocycles. The number of amides is 2. The number of benzene rings is 1. The average Bonchev–Trinajstić information content (AvgIpc) is 2.93. The van der Waals surface area contributed by atoms with Gasteiger partial charge in [-0.05, 0) is 36.8 Å². The van der Waals surface area contributed by atoms with Gasteiger partial charge >= 0.3 is 0 Å². The molecule has 3 aliphatic heterocycles. The van der Waals surface area contributed by atoms with Crippen LogP contribution < -0.4 is 5.32 Å². The molecule has 0 bridgehead atoms. The van der Waals surface area contributed by atoms with Gasteiger partial charge in [0.15, 0.2) is 0 Å². The summed E-state index contributed by atoms with van der Waals surface area (Å²) in [5.74, 6) is 0.418. The van der Waals surface area contributed by atoms with Crippen LogP contribution in [0.4, 0.5) is 5.82 Å². The van der Waals surface area contributed by atoms with Crippen molar-refractivity contribution in [3.8, 4) is 0 Å². The lowest BCUT2D eigenvalue weighted by molar-refractivity contribution is -0.136. The van der Waals surface area contributed by atoms with Crippen molar-refractivity contribution in [2.45, 2.75) is 50.4 Å². The van der Waals surface area contributed by atoms with Gasteiger partial charge in [-0.3, -0.25) is 14.5 Å². The Morgan fingerprint density at radius 1 is 1.05 bits per heavy atom. The van der Waals surface area contributed by atoms with E-state index in [2.05, 4.69) is 44.5 Å². The largest absolute Gasteiger partial charge is 0.390 e. The Hall–Kier alpha value is -3.08. The topological polar surface area (TPSA) is 111 Å². The molecule has 2 amide bonds. The summed E-state index contributed by atoms with van der Waals surface area (Å²) in [5, 5.41) is 14.4. The molecule has 0 spiro atoms. The number of aliphatic hydroxyl groups excluding tert-OH is 1. The number of hydrogen-bond donors (Lipinski definition) is 2. The molecule has 10 heteroatoms. The Balaban J connectivity index is 1.14. The zero-order valence-corrected chi connectivity index (χ0v) is 21.4. The number of fused-ring (bicyclic) bond motifs is 1. The third kappa shape index (κ3) is 5.92. The van der Waals surface area contributed by atoms with Gasteiger partial charge in [0.25, 0.3) is 5.91 Å². The number of anilines is 1. The molecule has 0 saturated carbocycles. The number of aliphatic hydroxyl groups is 1. The van der Waals surface area contributed by atoms with Crippen molar-refractivity contribution in [1.29, 1.82) is 0 Å². The van der Waals surface area contributed by atoms with Crippen LogP contribution in [0.25, 0.3) is 0 Å². The number of ether oxygens (including phenoxy) is 1. The number of carbonyl (C=O) groups excluding carboxylic acids is 2. The summed E-state index contributed by atoms with van der Waals surface area (Å²) < 4.78 is 4.94. The fourth-order valence-corrected chi connectivity index (χ4v) is 5.74. The number of nitrogens with zero attached hydrogens (tertiary/aromatic N) is 5. The number of methoxy groups -OCH3 is 1. The molecule has 37 heavy (non-hydrogen) atoms. The minimum Gasteiger partial charge on any atom is -0.390 e. The zero-order chi connectivity index (χ0) is 25.8. The molecule has 1 aromatic carbocycles. The summed E-state index contributed by atoms with van der Waals surface area (Å²) in [6.07, 6.45) is 4.11. The van der Waals surface area contributed by atoms with Crippen molar-refractivity contribution in [2.75, 3.05) is 51.8 Å². The van der Waals surface area contributed by atoms with Crippen LogP contribution in [-0.4, -0.2) is 106 Å². The second-order valence-corrected chi connectivity index (χ2v) is 10.2. The summed E-state index contributed by atoms with van der Waals surface area (Å²) in [6, 6.07) is 10.4. The van der Waals surface area contributed by atoms with Gasteiger partial charge in [0, 0.05) is 64.5 Å². The quantitative estimate of drug-likeness (QED) is 0.598. The molecule has 198 valence electrons. The summed E-state index contributed by atoms with van der Waals surface area (Å²) >= 11 is 0. The monoisotopic (exact) mass is 508 g/mol. The predicted molar refractivity (Wildman–Crippen MR) is 138 cm³/mol. The molecule has 2 atom stereocenters. The van der Waals surface area contributed by atoms with Crippen molar-refractivity contribution >= 4 is 17.6 Å². The Labute approximate surface area is 217 Å². The van der Waals surface area contributed by atoms with Gasteiger partial charge in [0.05, 0.1) is 6.10 Å². The van der Waals surface area contributed by atoms with Crippen molar-refractivity contribution in [3.05, 3.63) is 53.5 Å². The first-order valence-corrected chi connectivity index (χ1v) is 13.2. The molecule has 10 nitrogen and oxygen atoms in total. The molecule has 2 aromatic rings. The lowest BCUT2D eigenvalue weighted by Gasteiger charge is -2.43. The van der Waals surface area contributed by atoms with Crippen LogP contribution in [0.5, 0.6) is 0 Å². The fraction of sp³-hybridized carbons (Fsp3) is 0.556. The van der Waals surface area contributed by atoms with Gasteiger partial charge < -0.3 is 25.0 Å². The van der Waals surface area contributed by atoms with Crippen LogP contribution in [0.15, 0.2) is 36.7 Å². The highest BCUT2D eigenvalue weighted by Gasteiger charge is 2.35. The maximum atomic E-state index is 13.2. The molecule has 4 heterocycles. The van der Waals surface area contributed by atoms with Crippen molar-refractivity contribution < 1.29 is 19.4 Å². The van der Waals surface area contributed by atoms with E-state index in [0.29, 0.717) is 37.7 Å². The van der Waals surface area contributed by atoms with E-state index in [1.807, 2.05) is 4.90 Å². The van der Waals surface area contributed by atoms with E-state index in [-0.39, 0.29) is 30.5 Å². The fourth-order valence-electron chi connectivity index (χ4n) is 5.74. The van der Waals surface area contributed by atoms with E-state index in [4.69, 9.17) is 4.74 Å². The minimum atomic E-state index is -0.603. The molecule has 2 N–H and O–H groups in total. The average molecular weight is 509 g/mol. The zero-order valence-electron chi connectivity index (χ0n) is 21.4. The molecule has 3 aliphatic rings. The number of carbonyl (C=O) groups is 2. The standard InChI is InChI=1S/C27H36N6O4/c1-37-17-26(35)31-11-7-21(8-12-31)30-25-14-22(28-18-29-25)27(36)33-13-9-23(24(34)16-33)32-10-6-19-4-2-3-5-20(19)15-32/h2-5,14,18,21,23-24,34H,6-13,15-17H2,1H3,(H,28,29,30)/t23-,24-/m1/s1. The highest BCUT2D eigenvalue weighted by atomic mass is 16.5. The molecule has 2 fully saturated rings. The lowest BCUT2D eigenvalue weighted by Crippen LogP contribution is -2.56. The van der Waals surface area contributed by atoms with Gasteiger partial charge in [-0.25, -0.2) is 9.97 Å². The Kier molecular flexibility index (Phi) is 7.97. The number of rotatable bonds is 6. The third-order valence-corrected chi connectivity index (χ3v) is 7.82. The SMILES string of the molecule is COCC(=O)N1CCC(Nc2cc(C(=O)N3CC[C@@H](N4CCc5ccccc5C4)[C@H](O)C3)ncn2)CC1. The molecular formula is C27H36N6O4.